The number of carbonyl (C=O) groups is 1. The van der Waals surface area contributed by atoms with E-state index in [1.807, 2.05) is 7.05 Å². The second-order valence-corrected chi connectivity index (χ2v) is 5.86. The summed E-state index contributed by atoms with van der Waals surface area (Å²) >= 11 is 3.33. The van der Waals surface area contributed by atoms with Crippen molar-refractivity contribution in [1.29, 1.82) is 0 Å². The van der Waals surface area contributed by atoms with Crippen LogP contribution >= 0.6 is 15.9 Å². The van der Waals surface area contributed by atoms with Gasteiger partial charge in [0.25, 0.3) is 5.91 Å². The van der Waals surface area contributed by atoms with Gasteiger partial charge in [-0.25, -0.2) is 0 Å². The van der Waals surface area contributed by atoms with E-state index in [2.05, 4.69) is 15.9 Å². The van der Waals surface area contributed by atoms with Crippen molar-refractivity contribution in [2.24, 2.45) is 5.92 Å². The van der Waals surface area contributed by atoms with E-state index in [9.17, 15) is 4.79 Å². The van der Waals surface area contributed by atoms with Crippen LogP contribution in [-0.2, 0) is 4.74 Å². The van der Waals surface area contributed by atoms with Crippen molar-refractivity contribution in [3.05, 3.63) is 28.2 Å². The van der Waals surface area contributed by atoms with Crippen LogP contribution in [0.2, 0.25) is 0 Å². The molecule has 1 amide bonds. The summed E-state index contributed by atoms with van der Waals surface area (Å²) in [6.45, 7) is 2.33. The van der Waals surface area contributed by atoms with Crippen LogP contribution in [0.3, 0.4) is 0 Å². The summed E-state index contributed by atoms with van der Waals surface area (Å²) in [6, 6.07) is 5.30. The first-order valence-corrected chi connectivity index (χ1v) is 7.25. The van der Waals surface area contributed by atoms with E-state index in [4.69, 9.17) is 10.5 Å². The SMILES string of the molecule is CN(CC1CCCOC1)C(=O)c1ccc(Br)c(N)c1. The average Bonchev–Trinajstić information content (AvgIpc) is 2.42. The number of halogens is 1. The number of nitrogens with two attached hydrogens (primary N) is 1. The van der Waals surface area contributed by atoms with Crippen LogP contribution in [0, 0.1) is 5.92 Å². The lowest BCUT2D eigenvalue weighted by atomic mass is 10.0. The molecule has 1 aromatic carbocycles. The molecule has 1 heterocycles. The third-order valence-electron chi connectivity index (χ3n) is 3.38. The van der Waals surface area contributed by atoms with Crippen LogP contribution in [0.15, 0.2) is 22.7 Å². The Labute approximate surface area is 122 Å². The van der Waals surface area contributed by atoms with Gasteiger partial charge in [-0.1, -0.05) is 0 Å². The lowest BCUT2D eigenvalue weighted by molar-refractivity contribution is 0.0388. The Morgan fingerprint density at radius 1 is 1.58 bits per heavy atom. The Hall–Kier alpha value is -1.07. The van der Waals surface area contributed by atoms with Crippen molar-refractivity contribution >= 4 is 27.5 Å². The van der Waals surface area contributed by atoms with Gasteiger partial charge in [0.05, 0.1) is 6.61 Å². The Bertz CT molecular complexity index is 459. The molecule has 0 spiro atoms. The molecule has 1 atom stereocenters. The number of hydrogen-bond donors (Lipinski definition) is 1. The lowest BCUT2D eigenvalue weighted by Gasteiger charge is -2.27. The van der Waals surface area contributed by atoms with E-state index in [0.717, 1.165) is 37.1 Å². The van der Waals surface area contributed by atoms with Crippen molar-refractivity contribution in [1.82, 2.24) is 4.90 Å². The molecule has 5 heteroatoms. The van der Waals surface area contributed by atoms with E-state index in [1.54, 1.807) is 23.1 Å². The third kappa shape index (κ3) is 3.70. The number of nitrogen functional groups attached to an aromatic ring is 1. The molecule has 1 fully saturated rings. The highest BCUT2D eigenvalue weighted by Gasteiger charge is 2.19. The van der Waals surface area contributed by atoms with Gasteiger partial charge in [0.15, 0.2) is 0 Å². The van der Waals surface area contributed by atoms with Gasteiger partial charge in [-0.3, -0.25) is 4.79 Å². The first-order valence-electron chi connectivity index (χ1n) is 6.46. The second kappa shape index (κ2) is 6.39. The fourth-order valence-electron chi connectivity index (χ4n) is 2.32. The average molecular weight is 327 g/mol. The van der Waals surface area contributed by atoms with Gasteiger partial charge in [0, 0.05) is 35.9 Å². The van der Waals surface area contributed by atoms with E-state index < -0.39 is 0 Å². The van der Waals surface area contributed by atoms with Crippen LogP contribution in [0.5, 0.6) is 0 Å². The Morgan fingerprint density at radius 2 is 2.37 bits per heavy atom. The summed E-state index contributed by atoms with van der Waals surface area (Å²) in [6.07, 6.45) is 2.21. The number of anilines is 1. The van der Waals surface area contributed by atoms with Crippen LogP contribution in [0.4, 0.5) is 5.69 Å². The largest absolute Gasteiger partial charge is 0.398 e. The molecule has 104 valence electrons. The quantitative estimate of drug-likeness (QED) is 0.868. The van der Waals surface area contributed by atoms with Crippen LogP contribution in [0.25, 0.3) is 0 Å². The van der Waals surface area contributed by atoms with E-state index in [0.29, 0.717) is 17.2 Å². The van der Waals surface area contributed by atoms with Gasteiger partial charge in [0.1, 0.15) is 0 Å². The summed E-state index contributed by atoms with van der Waals surface area (Å²) < 4.78 is 6.25. The van der Waals surface area contributed by atoms with Crippen molar-refractivity contribution in [2.75, 3.05) is 32.5 Å². The predicted molar refractivity (Wildman–Crippen MR) is 79.1 cm³/mol. The monoisotopic (exact) mass is 326 g/mol. The number of carbonyl (C=O) groups excluding carboxylic acids is 1. The minimum atomic E-state index is 0.00442. The minimum Gasteiger partial charge on any atom is -0.398 e. The number of ether oxygens (including phenoxy) is 1. The van der Waals surface area contributed by atoms with Gasteiger partial charge in [0.2, 0.25) is 0 Å². The molecule has 2 rings (SSSR count). The van der Waals surface area contributed by atoms with E-state index in [1.165, 1.54) is 0 Å². The highest BCUT2D eigenvalue weighted by atomic mass is 79.9. The molecule has 1 aliphatic heterocycles. The Kier molecular flexibility index (Phi) is 4.82. The molecule has 1 unspecified atom stereocenters. The number of amides is 1. The molecule has 2 N–H and O–H groups in total. The maximum absolute atomic E-state index is 12.3. The number of rotatable bonds is 3. The smallest absolute Gasteiger partial charge is 0.253 e. The molecule has 0 aromatic heterocycles. The van der Waals surface area contributed by atoms with Crippen molar-refractivity contribution in [2.45, 2.75) is 12.8 Å². The van der Waals surface area contributed by atoms with Crippen molar-refractivity contribution in [3.8, 4) is 0 Å². The molecule has 19 heavy (non-hydrogen) atoms. The molecule has 0 bridgehead atoms. The number of hydrogen-bond acceptors (Lipinski definition) is 3. The molecule has 1 saturated heterocycles. The Morgan fingerprint density at radius 3 is 3.00 bits per heavy atom. The first kappa shape index (κ1) is 14.3. The topological polar surface area (TPSA) is 55.6 Å². The first-order chi connectivity index (χ1) is 9.08. The maximum Gasteiger partial charge on any atom is 0.253 e. The lowest BCUT2D eigenvalue weighted by Crippen LogP contribution is -2.35. The molecular formula is C14H19BrN2O2. The van der Waals surface area contributed by atoms with Gasteiger partial charge < -0.3 is 15.4 Å². The van der Waals surface area contributed by atoms with E-state index >= 15 is 0 Å². The molecule has 1 aromatic rings. The highest BCUT2D eigenvalue weighted by molar-refractivity contribution is 9.10. The zero-order valence-corrected chi connectivity index (χ0v) is 12.6. The van der Waals surface area contributed by atoms with E-state index in [-0.39, 0.29) is 5.91 Å². The fraction of sp³-hybridized carbons (Fsp3) is 0.500. The zero-order chi connectivity index (χ0) is 13.8. The van der Waals surface area contributed by atoms with Gasteiger partial charge in [-0.15, -0.1) is 0 Å². The zero-order valence-electron chi connectivity index (χ0n) is 11.1. The maximum atomic E-state index is 12.3. The molecular weight excluding hydrogens is 308 g/mol. The van der Waals surface area contributed by atoms with Gasteiger partial charge in [-0.2, -0.15) is 0 Å². The molecule has 0 saturated carbocycles. The van der Waals surface area contributed by atoms with Gasteiger partial charge in [-0.05, 0) is 52.9 Å². The summed E-state index contributed by atoms with van der Waals surface area (Å²) in [5, 5.41) is 0. The molecule has 0 aliphatic carbocycles. The molecule has 0 radical (unpaired) electrons. The van der Waals surface area contributed by atoms with Crippen LogP contribution in [0.1, 0.15) is 23.2 Å². The fourth-order valence-corrected chi connectivity index (χ4v) is 2.57. The van der Waals surface area contributed by atoms with Crippen molar-refractivity contribution in [3.63, 3.8) is 0 Å². The molecule has 1 aliphatic rings. The highest BCUT2D eigenvalue weighted by Crippen LogP contribution is 2.21. The normalized spacial score (nSPS) is 19.2. The number of benzene rings is 1. The third-order valence-corrected chi connectivity index (χ3v) is 4.10. The summed E-state index contributed by atoms with van der Waals surface area (Å²) in [4.78, 5) is 14.0. The number of nitrogens with zero attached hydrogens (tertiary/aromatic N) is 1. The Balaban J connectivity index is 1.99. The standard InChI is InChI=1S/C14H19BrN2O2/c1-17(8-10-3-2-6-19-9-10)14(18)11-4-5-12(15)13(16)7-11/h4-5,7,10H,2-3,6,8-9,16H2,1H3. The van der Waals surface area contributed by atoms with Crippen LogP contribution < -0.4 is 5.73 Å². The predicted octanol–water partition coefficient (Wildman–Crippen LogP) is 2.53. The summed E-state index contributed by atoms with van der Waals surface area (Å²) in [5.74, 6) is 0.445. The van der Waals surface area contributed by atoms with Crippen LogP contribution in [-0.4, -0.2) is 37.6 Å². The summed E-state index contributed by atoms with van der Waals surface area (Å²) in [5.41, 5.74) is 7.01. The second-order valence-electron chi connectivity index (χ2n) is 5.01. The van der Waals surface area contributed by atoms with Crippen molar-refractivity contribution < 1.29 is 9.53 Å². The minimum absolute atomic E-state index is 0.00442. The van der Waals surface area contributed by atoms with Gasteiger partial charge >= 0.3 is 0 Å². The molecule has 4 nitrogen and oxygen atoms in total. The summed E-state index contributed by atoms with van der Waals surface area (Å²) in [7, 11) is 1.83.